The lowest BCUT2D eigenvalue weighted by Gasteiger charge is -2.24. The van der Waals surface area contributed by atoms with Gasteiger partial charge in [0.15, 0.2) is 0 Å². The van der Waals surface area contributed by atoms with Crippen molar-refractivity contribution in [2.75, 3.05) is 4.90 Å². The minimum Gasteiger partial charge on any atom is -0.443 e. The number of hydrogen-bond acceptors (Lipinski definition) is 4. The molecule has 4 nitrogen and oxygen atoms in total. The Morgan fingerprint density at radius 3 is 2.53 bits per heavy atom. The molecule has 0 bridgehead atoms. The Kier molecular flexibility index (Phi) is 3.30. The number of amides is 2. The molecule has 0 fully saturated rings. The SMILES string of the molecule is CC(C)(C)OC(=O)N1C(=O)C(C)(C)c2sc(Br)cc21. The topological polar surface area (TPSA) is 46.6 Å². The van der Waals surface area contributed by atoms with Crippen molar-refractivity contribution in [2.45, 2.75) is 45.6 Å². The first-order valence-electron chi connectivity index (χ1n) is 5.91. The molecule has 2 amide bonds. The Labute approximate surface area is 124 Å². The standard InChI is InChI=1S/C13H16BrNO3S/c1-12(2,3)18-11(17)15-7-6-8(14)19-9(7)13(4,5)10(15)16/h6H,1-5H3. The van der Waals surface area contributed by atoms with Crippen molar-refractivity contribution in [3.05, 3.63) is 14.7 Å². The fraction of sp³-hybridized carbons (Fsp3) is 0.538. The average molecular weight is 346 g/mol. The molecule has 1 aliphatic rings. The normalized spacial score (nSPS) is 17.6. The molecule has 0 aromatic carbocycles. The van der Waals surface area contributed by atoms with Crippen LogP contribution in [0.1, 0.15) is 39.5 Å². The van der Waals surface area contributed by atoms with Gasteiger partial charge in [-0.2, -0.15) is 0 Å². The number of anilines is 1. The van der Waals surface area contributed by atoms with Gasteiger partial charge in [-0.05, 0) is 56.6 Å². The molecule has 0 unspecified atom stereocenters. The summed E-state index contributed by atoms with van der Waals surface area (Å²) >= 11 is 4.87. The zero-order valence-corrected chi connectivity index (χ0v) is 13.9. The highest BCUT2D eigenvalue weighted by molar-refractivity contribution is 9.11. The minimum absolute atomic E-state index is 0.240. The van der Waals surface area contributed by atoms with Crippen LogP contribution in [0.15, 0.2) is 9.85 Å². The van der Waals surface area contributed by atoms with E-state index in [-0.39, 0.29) is 5.91 Å². The molecule has 1 aliphatic heterocycles. The first-order valence-corrected chi connectivity index (χ1v) is 7.52. The number of carbonyl (C=O) groups is 2. The van der Waals surface area contributed by atoms with Gasteiger partial charge in [0.1, 0.15) is 5.60 Å². The molecule has 1 aromatic rings. The second-order valence-corrected chi connectivity index (χ2v) is 8.44. The van der Waals surface area contributed by atoms with Gasteiger partial charge in [-0.1, -0.05) is 0 Å². The van der Waals surface area contributed by atoms with Gasteiger partial charge in [-0.15, -0.1) is 11.3 Å². The largest absolute Gasteiger partial charge is 0.443 e. The Hall–Kier alpha value is -0.880. The van der Waals surface area contributed by atoms with E-state index in [9.17, 15) is 9.59 Å². The molecule has 1 aromatic heterocycles. The van der Waals surface area contributed by atoms with Crippen LogP contribution in [-0.2, 0) is 14.9 Å². The van der Waals surface area contributed by atoms with Crippen molar-refractivity contribution in [3.8, 4) is 0 Å². The van der Waals surface area contributed by atoms with E-state index >= 15 is 0 Å². The zero-order chi connectivity index (χ0) is 14.6. The third-order valence-corrected chi connectivity index (χ3v) is 4.76. The number of thiophene rings is 1. The van der Waals surface area contributed by atoms with Crippen LogP contribution >= 0.6 is 27.3 Å². The summed E-state index contributed by atoms with van der Waals surface area (Å²) in [6.45, 7) is 8.98. The molecule has 2 heterocycles. The number of fused-ring (bicyclic) bond motifs is 1. The van der Waals surface area contributed by atoms with Gasteiger partial charge in [0.2, 0.25) is 5.91 Å². The quantitative estimate of drug-likeness (QED) is 0.711. The van der Waals surface area contributed by atoms with Gasteiger partial charge in [0.05, 0.1) is 14.9 Å². The maximum Gasteiger partial charge on any atom is 0.421 e. The Balaban J connectivity index is 2.42. The molecule has 104 valence electrons. The predicted molar refractivity (Wildman–Crippen MR) is 78.8 cm³/mol. The summed E-state index contributed by atoms with van der Waals surface area (Å²) in [7, 11) is 0. The number of carbonyl (C=O) groups excluding carboxylic acids is 2. The lowest BCUT2D eigenvalue weighted by Crippen LogP contribution is -2.43. The van der Waals surface area contributed by atoms with E-state index in [1.165, 1.54) is 11.3 Å². The summed E-state index contributed by atoms with van der Waals surface area (Å²) < 4.78 is 6.20. The third kappa shape index (κ3) is 2.43. The number of hydrogen-bond donors (Lipinski definition) is 0. The predicted octanol–water partition coefficient (Wildman–Crippen LogP) is 4.07. The molecule has 0 spiro atoms. The fourth-order valence-corrected chi connectivity index (χ4v) is 3.61. The smallest absolute Gasteiger partial charge is 0.421 e. The minimum atomic E-state index is -0.692. The molecule has 0 aliphatic carbocycles. The monoisotopic (exact) mass is 345 g/mol. The van der Waals surface area contributed by atoms with Crippen molar-refractivity contribution in [1.29, 1.82) is 0 Å². The van der Waals surface area contributed by atoms with Crippen LogP contribution in [0.3, 0.4) is 0 Å². The summed E-state index contributed by atoms with van der Waals surface area (Å²) in [5.41, 5.74) is -0.693. The molecule has 2 rings (SSSR count). The van der Waals surface area contributed by atoms with Gasteiger partial charge < -0.3 is 4.74 Å². The Morgan fingerprint density at radius 1 is 1.42 bits per heavy atom. The van der Waals surface area contributed by atoms with E-state index in [2.05, 4.69) is 15.9 Å². The van der Waals surface area contributed by atoms with Crippen LogP contribution in [-0.4, -0.2) is 17.6 Å². The first-order chi connectivity index (χ1) is 8.54. The zero-order valence-electron chi connectivity index (χ0n) is 11.5. The molecule has 0 atom stereocenters. The van der Waals surface area contributed by atoms with E-state index < -0.39 is 17.1 Å². The van der Waals surface area contributed by atoms with E-state index in [0.717, 1.165) is 13.6 Å². The lowest BCUT2D eigenvalue weighted by atomic mass is 9.93. The Bertz CT molecular complexity index is 557. The highest BCUT2D eigenvalue weighted by atomic mass is 79.9. The van der Waals surface area contributed by atoms with Gasteiger partial charge in [-0.25, -0.2) is 9.69 Å². The van der Waals surface area contributed by atoms with Crippen LogP contribution in [0, 0.1) is 0 Å². The van der Waals surface area contributed by atoms with Gasteiger partial charge in [0.25, 0.3) is 0 Å². The van der Waals surface area contributed by atoms with Gasteiger partial charge in [-0.3, -0.25) is 4.79 Å². The first kappa shape index (κ1) is 14.5. The second-order valence-electron chi connectivity index (χ2n) is 6.01. The second kappa shape index (κ2) is 4.31. The highest BCUT2D eigenvalue weighted by Gasteiger charge is 2.49. The van der Waals surface area contributed by atoms with Crippen LogP contribution in [0.4, 0.5) is 10.5 Å². The summed E-state index contributed by atoms with van der Waals surface area (Å²) in [5, 5.41) is 0. The van der Waals surface area contributed by atoms with Crippen LogP contribution in [0.5, 0.6) is 0 Å². The molecular formula is C13H16BrNO3S. The molecular weight excluding hydrogens is 330 g/mol. The molecule has 0 saturated carbocycles. The number of ether oxygens (including phenoxy) is 1. The van der Waals surface area contributed by atoms with E-state index in [0.29, 0.717) is 5.69 Å². The molecule has 0 radical (unpaired) electrons. The molecule has 0 N–H and O–H groups in total. The van der Waals surface area contributed by atoms with Gasteiger partial charge >= 0.3 is 6.09 Å². The van der Waals surface area contributed by atoms with Crippen molar-refractivity contribution < 1.29 is 14.3 Å². The third-order valence-electron chi connectivity index (χ3n) is 2.80. The van der Waals surface area contributed by atoms with E-state index in [4.69, 9.17) is 4.74 Å². The van der Waals surface area contributed by atoms with E-state index in [1.807, 2.05) is 13.8 Å². The Morgan fingerprint density at radius 2 is 2.00 bits per heavy atom. The van der Waals surface area contributed by atoms with Crippen molar-refractivity contribution in [3.63, 3.8) is 0 Å². The summed E-state index contributed by atoms with van der Waals surface area (Å²) in [6.07, 6.45) is -0.616. The van der Waals surface area contributed by atoms with Crippen molar-refractivity contribution >= 4 is 45.0 Å². The lowest BCUT2D eigenvalue weighted by molar-refractivity contribution is -0.121. The number of rotatable bonds is 0. The van der Waals surface area contributed by atoms with Crippen LogP contribution < -0.4 is 4.90 Å². The summed E-state index contributed by atoms with van der Waals surface area (Å²) in [6, 6.07) is 1.79. The van der Waals surface area contributed by atoms with Crippen LogP contribution in [0.25, 0.3) is 0 Å². The van der Waals surface area contributed by atoms with E-state index in [1.54, 1.807) is 26.8 Å². The van der Waals surface area contributed by atoms with Crippen molar-refractivity contribution in [1.82, 2.24) is 0 Å². The average Bonchev–Trinajstić information content (AvgIpc) is 2.64. The highest BCUT2D eigenvalue weighted by Crippen LogP contribution is 2.48. The van der Waals surface area contributed by atoms with Crippen molar-refractivity contribution in [2.24, 2.45) is 0 Å². The summed E-state index contributed by atoms with van der Waals surface area (Å²) in [5.74, 6) is -0.240. The number of nitrogens with zero attached hydrogens (tertiary/aromatic N) is 1. The summed E-state index contributed by atoms with van der Waals surface area (Å²) in [4.78, 5) is 26.6. The maximum atomic E-state index is 12.4. The maximum absolute atomic E-state index is 12.4. The fourth-order valence-electron chi connectivity index (χ4n) is 1.94. The number of imide groups is 1. The number of halogens is 1. The van der Waals surface area contributed by atoms with Gasteiger partial charge in [0, 0.05) is 4.88 Å². The molecule has 19 heavy (non-hydrogen) atoms. The molecule has 0 saturated heterocycles. The molecule has 6 heteroatoms. The van der Waals surface area contributed by atoms with Crippen LogP contribution in [0.2, 0.25) is 0 Å².